The fourth-order valence-corrected chi connectivity index (χ4v) is 1.77. The molecule has 1 aliphatic rings. The van der Waals surface area contributed by atoms with E-state index in [1.54, 1.807) is 7.11 Å². The van der Waals surface area contributed by atoms with Gasteiger partial charge in [-0.05, 0) is 18.1 Å². The predicted molar refractivity (Wildman–Crippen MR) is 50.2 cm³/mol. The molecule has 2 rings (SSSR count). The molecule has 0 saturated heterocycles. The first kappa shape index (κ1) is 7.74. The summed E-state index contributed by atoms with van der Waals surface area (Å²) in [5.74, 6) is 0.813. The summed E-state index contributed by atoms with van der Waals surface area (Å²) in [4.78, 5) is 0. The van der Waals surface area contributed by atoms with Crippen molar-refractivity contribution in [2.45, 2.75) is 6.42 Å². The normalized spacial score (nSPS) is 13.8. The van der Waals surface area contributed by atoms with Crippen LogP contribution in [0.1, 0.15) is 5.56 Å². The predicted octanol–water partition coefficient (Wildman–Crippen LogP) is 2.32. The zero-order valence-electron chi connectivity index (χ0n) is 6.86. The van der Waals surface area contributed by atoms with Gasteiger partial charge in [0.05, 0.1) is 7.11 Å². The number of ether oxygens (including phenoxy) is 1. The summed E-state index contributed by atoms with van der Waals surface area (Å²) < 4.78 is 5.10. The van der Waals surface area contributed by atoms with Crippen molar-refractivity contribution in [3.05, 3.63) is 22.7 Å². The van der Waals surface area contributed by atoms with Crippen molar-refractivity contribution in [2.24, 2.45) is 0 Å². The number of hydrogen-bond donors (Lipinski definition) is 1. The van der Waals surface area contributed by atoms with Crippen LogP contribution in [0.2, 0.25) is 5.02 Å². The number of hydrogen-bond acceptors (Lipinski definition) is 2. The molecule has 1 aliphatic heterocycles. The number of benzene rings is 1. The topological polar surface area (TPSA) is 21.3 Å². The quantitative estimate of drug-likeness (QED) is 0.722. The molecule has 0 spiro atoms. The van der Waals surface area contributed by atoms with Crippen LogP contribution in [0.4, 0.5) is 5.69 Å². The van der Waals surface area contributed by atoms with E-state index in [0.29, 0.717) is 0 Å². The smallest absolute Gasteiger partial charge is 0.122 e. The Morgan fingerprint density at radius 1 is 1.50 bits per heavy atom. The molecule has 0 unspecified atom stereocenters. The fourth-order valence-electron chi connectivity index (χ4n) is 1.46. The van der Waals surface area contributed by atoms with Crippen LogP contribution in [-0.2, 0) is 6.42 Å². The number of methoxy groups -OCH3 is 1. The first-order chi connectivity index (χ1) is 5.81. The molecule has 12 heavy (non-hydrogen) atoms. The molecular weight excluding hydrogens is 174 g/mol. The molecule has 0 bridgehead atoms. The van der Waals surface area contributed by atoms with E-state index in [-0.39, 0.29) is 0 Å². The molecule has 64 valence electrons. The van der Waals surface area contributed by atoms with Crippen molar-refractivity contribution in [3.8, 4) is 5.75 Å². The van der Waals surface area contributed by atoms with Crippen LogP contribution in [0.15, 0.2) is 12.1 Å². The van der Waals surface area contributed by atoms with E-state index in [4.69, 9.17) is 16.3 Å². The number of fused-ring (bicyclic) bond motifs is 1. The van der Waals surface area contributed by atoms with E-state index < -0.39 is 0 Å². The zero-order valence-corrected chi connectivity index (χ0v) is 7.61. The minimum Gasteiger partial charge on any atom is -0.497 e. The van der Waals surface area contributed by atoms with Gasteiger partial charge in [-0.2, -0.15) is 0 Å². The first-order valence-electron chi connectivity index (χ1n) is 3.91. The van der Waals surface area contributed by atoms with Gasteiger partial charge < -0.3 is 10.1 Å². The Kier molecular flexibility index (Phi) is 1.85. The number of anilines is 1. The monoisotopic (exact) mass is 183 g/mol. The Morgan fingerprint density at radius 3 is 3.08 bits per heavy atom. The van der Waals surface area contributed by atoms with Gasteiger partial charge in [0.1, 0.15) is 5.75 Å². The Labute approximate surface area is 76.5 Å². The van der Waals surface area contributed by atoms with E-state index in [9.17, 15) is 0 Å². The standard InChI is InChI=1S/C9H10ClNO/c1-12-6-4-8(10)7-2-3-11-9(7)5-6/h4-5,11H,2-3H2,1H3. The lowest BCUT2D eigenvalue weighted by molar-refractivity contribution is 0.415. The lowest BCUT2D eigenvalue weighted by Gasteiger charge is -2.05. The highest BCUT2D eigenvalue weighted by Gasteiger charge is 2.14. The summed E-state index contributed by atoms with van der Waals surface area (Å²) in [5.41, 5.74) is 2.32. The second-order valence-electron chi connectivity index (χ2n) is 2.81. The SMILES string of the molecule is COc1cc(Cl)c2c(c1)NCC2. The van der Waals surface area contributed by atoms with E-state index in [1.807, 2.05) is 12.1 Å². The average Bonchev–Trinajstić information content (AvgIpc) is 2.52. The van der Waals surface area contributed by atoms with E-state index in [2.05, 4.69) is 5.32 Å². The minimum atomic E-state index is 0.800. The summed E-state index contributed by atoms with van der Waals surface area (Å²) in [7, 11) is 1.65. The van der Waals surface area contributed by atoms with Crippen molar-refractivity contribution in [2.75, 3.05) is 19.0 Å². The molecule has 0 saturated carbocycles. The summed E-state index contributed by atoms with van der Waals surface area (Å²) in [6.45, 7) is 0.974. The third-order valence-corrected chi connectivity index (χ3v) is 2.43. The lowest BCUT2D eigenvalue weighted by Crippen LogP contribution is -1.91. The van der Waals surface area contributed by atoms with Crippen molar-refractivity contribution >= 4 is 17.3 Å². The Balaban J connectivity index is 2.51. The van der Waals surface area contributed by atoms with Gasteiger partial charge in [-0.25, -0.2) is 0 Å². The highest BCUT2D eigenvalue weighted by molar-refractivity contribution is 6.32. The second kappa shape index (κ2) is 2.87. The van der Waals surface area contributed by atoms with Gasteiger partial charge in [0.15, 0.2) is 0 Å². The zero-order chi connectivity index (χ0) is 8.55. The van der Waals surface area contributed by atoms with Crippen molar-refractivity contribution < 1.29 is 4.74 Å². The largest absolute Gasteiger partial charge is 0.497 e. The second-order valence-corrected chi connectivity index (χ2v) is 3.22. The maximum atomic E-state index is 6.03. The Hall–Kier alpha value is -0.890. The van der Waals surface area contributed by atoms with Gasteiger partial charge >= 0.3 is 0 Å². The molecule has 1 aromatic carbocycles. The van der Waals surface area contributed by atoms with Crippen molar-refractivity contribution in [1.82, 2.24) is 0 Å². The third kappa shape index (κ3) is 1.12. The average molecular weight is 184 g/mol. The molecule has 3 heteroatoms. The van der Waals surface area contributed by atoms with E-state index in [1.165, 1.54) is 5.56 Å². The molecule has 2 nitrogen and oxygen atoms in total. The number of halogens is 1. The van der Waals surface area contributed by atoms with Crippen LogP contribution < -0.4 is 10.1 Å². The highest BCUT2D eigenvalue weighted by Crippen LogP contribution is 2.33. The molecule has 0 atom stereocenters. The van der Waals surface area contributed by atoms with E-state index in [0.717, 1.165) is 29.4 Å². The molecule has 0 amide bonds. The van der Waals surface area contributed by atoms with Crippen LogP contribution in [0, 0.1) is 0 Å². The van der Waals surface area contributed by atoms with Crippen LogP contribution in [0.5, 0.6) is 5.75 Å². The Bertz CT molecular complexity index is 312. The van der Waals surface area contributed by atoms with Crippen LogP contribution in [-0.4, -0.2) is 13.7 Å². The molecule has 1 heterocycles. The maximum Gasteiger partial charge on any atom is 0.122 e. The van der Waals surface area contributed by atoms with Crippen LogP contribution in [0.25, 0.3) is 0 Å². The van der Waals surface area contributed by atoms with Gasteiger partial charge in [0.25, 0.3) is 0 Å². The summed E-state index contributed by atoms with van der Waals surface area (Å²) in [5, 5.41) is 4.05. The summed E-state index contributed by atoms with van der Waals surface area (Å²) in [6, 6.07) is 3.83. The lowest BCUT2D eigenvalue weighted by atomic mass is 10.1. The van der Waals surface area contributed by atoms with Gasteiger partial charge in [-0.3, -0.25) is 0 Å². The van der Waals surface area contributed by atoms with Crippen molar-refractivity contribution in [1.29, 1.82) is 0 Å². The minimum absolute atomic E-state index is 0.800. The van der Waals surface area contributed by atoms with Gasteiger partial charge in [0, 0.05) is 23.3 Å². The molecule has 1 N–H and O–H groups in total. The molecule has 0 fully saturated rings. The van der Waals surface area contributed by atoms with Crippen LogP contribution in [0.3, 0.4) is 0 Å². The number of nitrogens with one attached hydrogen (secondary N) is 1. The summed E-state index contributed by atoms with van der Waals surface area (Å²) >= 11 is 6.03. The van der Waals surface area contributed by atoms with Gasteiger partial charge in [-0.15, -0.1) is 0 Å². The molecular formula is C9H10ClNO. The van der Waals surface area contributed by atoms with Crippen molar-refractivity contribution in [3.63, 3.8) is 0 Å². The molecule has 0 aliphatic carbocycles. The fraction of sp³-hybridized carbons (Fsp3) is 0.333. The highest BCUT2D eigenvalue weighted by atomic mass is 35.5. The number of rotatable bonds is 1. The Morgan fingerprint density at radius 2 is 2.33 bits per heavy atom. The van der Waals surface area contributed by atoms with Gasteiger partial charge in [0.2, 0.25) is 0 Å². The molecule has 0 aromatic heterocycles. The van der Waals surface area contributed by atoms with Gasteiger partial charge in [-0.1, -0.05) is 11.6 Å². The molecule has 1 aromatic rings. The third-order valence-electron chi connectivity index (χ3n) is 2.10. The van der Waals surface area contributed by atoms with Crippen LogP contribution >= 0.6 is 11.6 Å². The molecule has 0 radical (unpaired) electrons. The summed E-state index contributed by atoms with van der Waals surface area (Å²) in [6.07, 6.45) is 1.01. The first-order valence-corrected chi connectivity index (χ1v) is 4.29. The van der Waals surface area contributed by atoms with E-state index >= 15 is 0 Å². The maximum absolute atomic E-state index is 6.03.